The molecule has 10 heteroatoms. The van der Waals surface area contributed by atoms with Crippen LogP contribution in [0.3, 0.4) is 0 Å². The summed E-state index contributed by atoms with van der Waals surface area (Å²) in [6.45, 7) is 5.87. The van der Waals surface area contributed by atoms with Crippen molar-refractivity contribution in [1.82, 2.24) is 35.4 Å². The predicted molar refractivity (Wildman–Crippen MR) is 87.2 cm³/mol. The van der Waals surface area contributed by atoms with E-state index >= 15 is 0 Å². The standard InChI is InChI=1S/C14H21N7O2S/c1-2-11(14-15-3-8-24-14)16-13(22)10-21-12(17-18-19-21)9-20-4-6-23-7-5-20/h3,8,11H,2,4-7,9-10H2,1H3,(H,16,22)/t11-/m0/s1. The van der Waals surface area contributed by atoms with E-state index in [4.69, 9.17) is 4.74 Å². The van der Waals surface area contributed by atoms with Crippen molar-refractivity contribution in [2.45, 2.75) is 32.5 Å². The number of thiazole rings is 1. The van der Waals surface area contributed by atoms with Gasteiger partial charge in [0.1, 0.15) is 11.6 Å². The lowest BCUT2D eigenvalue weighted by Crippen LogP contribution is -2.37. The first kappa shape index (κ1) is 16.9. The SMILES string of the molecule is CC[C@H](NC(=O)Cn1nnnc1CN1CCOCC1)c1nccs1. The van der Waals surface area contributed by atoms with Gasteiger partial charge in [0.2, 0.25) is 5.91 Å². The Kier molecular flexibility index (Phi) is 5.83. The Bertz CT molecular complexity index is 639. The fourth-order valence-corrected chi connectivity index (χ4v) is 3.31. The van der Waals surface area contributed by atoms with E-state index in [2.05, 4.69) is 30.7 Å². The van der Waals surface area contributed by atoms with Crippen molar-refractivity contribution in [1.29, 1.82) is 0 Å². The molecule has 2 aromatic heterocycles. The molecule has 2 aromatic rings. The second kappa shape index (κ2) is 8.27. The maximum absolute atomic E-state index is 12.3. The number of morpholine rings is 1. The lowest BCUT2D eigenvalue weighted by Gasteiger charge is -2.25. The highest BCUT2D eigenvalue weighted by molar-refractivity contribution is 7.09. The van der Waals surface area contributed by atoms with Gasteiger partial charge in [-0.15, -0.1) is 16.4 Å². The number of hydrogen-bond acceptors (Lipinski definition) is 8. The van der Waals surface area contributed by atoms with Crippen molar-refractivity contribution < 1.29 is 9.53 Å². The Morgan fingerprint density at radius 2 is 2.29 bits per heavy atom. The number of amides is 1. The summed E-state index contributed by atoms with van der Waals surface area (Å²) in [5, 5.41) is 17.5. The topological polar surface area (TPSA) is 98.1 Å². The summed E-state index contributed by atoms with van der Waals surface area (Å²) in [5.41, 5.74) is 0. The van der Waals surface area contributed by atoms with E-state index in [1.807, 2.05) is 12.3 Å². The molecule has 1 saturated heterocycles. The minimum absolute atomic E-state index is 0.0725. The molecule has 0 radical (unpaired) electrons. The van der Waals surface area contributed by atoms with Gasteiger partial charge >= 0.3 is 0 Å². The quantitative estimate of drug-likeness (QED) is 0.762. The second-order valence-electron chi connectivity index (χ2n) is 5.54. The molecule has 0 aliphatic carbocycles. The lowest BCUT2D eigenvalue weighted by molar-refractivity contribution is -0.122. The number of nitrogens with zero attached hydrogens (tertiary/aromatic N) is 6. The van der Waals surface area contributed by atoms with Gasteiger partial charge in [0.05, 0.1) is 25.8 Å². The van der Waals surface area contributed by atoms with E-state index in [-0.39, 0.29) is 18.5 Å². The third kappa shape index (κ3) is 4.34. The number of hydrogen-bond donors (Lipinski definition) is 1. The van der Waals surface area contributed by atoms with Crippen molar-refractivity contribution in [2.75, 3.05) is 26.3 Å². The molecule has 130 valence electrons. The molecule has 1 amide bonds. The Morgan fingerprint density at radius 1 is 1.46 bits per heavy atom. The molecule has 0 spiro atoms. The third-order valence-electron chi connectivity index (χ3n) is 3.86. The van der Waals surface area contributed by atoms with Gasteiger partial charge in [-0.1, -0.05) is 6.92 Å². The molecule has 1 atom stereocenters. The van der Waals surface area contributed by atoms with E-state index in [9.17, 15) is 4.79 Å². The highest BCUT2D eigenvalue weighted by Crippen LogP contribution is 2.18. The lowest BCUT2D eigenvalue weighted by atomic mass is 10.2. The van der Waals surface area contributed by atoms with Crippen LogP contribution in [-0.4, -0.2) is 62.3 Å². The molecule has 24 heavy (non-hydrogen) atoms. The second-order valence-corrected chi connectivity index (χ2v) is 6.47. The fourth-order valence-electron chi connectivity index (χ4n) is 2.54. The zero-order valence-corrected chi connectivity index (χ0v) is 14.4. The Morgan fingerprint density at radius 3 is 3.00 bits per heavy atom. The molecule has 1 aliphatic heterocycles. The number of rotatable bonds is 7. The van der Waals surface area contributed by atoms with Crippen LogP contribution in [0.1, 0.15) is 30.2 Å². The van der Waals surface area contributed by atoms with Crippen molar-refractivity contribution in [3.05, 3.63) is 22.4 Å². The molecule has 0 unspecified atom stereocenters. The average Bonchev–Trinajstić information content (AvgIpc) is 3.26. The molecular weight excluding hydrogens is 330 g/mol. The molecule has 9 nitrogen and oxygen atoms in total. The van der Waals surface area contributed by atoms with E-state index in [0.29, 0.717) is 25.6 Å². The van der Waals surface area contributed by atoms with Crippen LogP contribution in [0.15, 0.2) is 11.6 Å². The van der Waals surface area contributed by atoms with Crippen molar-refractivity contribution >= 4 is 17.2 Å². The average molecular weight is 351 g/mol. The summed E-state index contributed by atoms with van der Waals surface area (Å²) >= 11 is 1.54. The van der Waals surface area contributed by atoms with Crippen LogP contribution >= 0.6 is 11.3 Å². The third-order valence-corrected chi connectivity index (χ3v) is 4.75. The van der Waals surface area contributed by atoms with Gasteiger partial charge in [-0.05, 0) is 16.8 Å². The van der Waals surface area contributed by atoms with Crippen LogP contribution < -0.4 is 5.32 Å². The molecule has 0 aromatic carbocycles. The molecule has 1 fully saturated rings. The van der Waals surface area contributed by atoms with E-state index < -0.39 is 0 Å². The summed E-state index contributed by atoms with van der Waals surface area (Å²) in [6, 6.07) is -0.0725. The number of carbonyl (C=O) groups is 1. The van der Waals surface area contributed by atoms with Crippen LogP contribution in [0, 0.1) is 0 Å². The van der Waals surface area contributed by atoms with Crippen molar-refractivity contribution in [3.8, 4) is 0 Å². The fraction of sp³-hybridized carbons (Fsp3) is 0.643. The van der Waals surface area contributed by atoms with E-state index in [0.717, 1.165) is 24.5 Å². The van der Waals surface area contributed by atoms with E-state index in [1.54, 1.807) is 22.2 Å². The Hall–Kier alpha value is -1.91. The predicted octanol–water partition coefficient (Wildman–Crippen LogP) is 0.229. The van der Waals surface area contributed by atoms with Gasteiger partial charge < -0.3 is 10.1 Å². The summed E-state index contributed by atoms with van der Waals surface area (Å²) in [7, 11) is 0. The molecule has 3 heterocycles. The summed E-state index contributed by atoms with van der Waals surface area (Å²) in [6.07, 6.45) is 2.53. The largest absolute Gasteiger partial charge is 0.379 e. The number of tetrazole rings is 1. The monoisotopic (exact) mass is 351 g/mol. The Labute approximate surface area is 144 Å². The van der Waals surface area contributed by atoms with Crippen LogP contribution in [0.4, 0.5) is 0 Å². The maximum Gasteiger partial charge on any atom is 0.242 e. The first-order chi connectivity index (χ1) is 11.8. The van der Waals surface area contributed by atoms with Crippen LogP contribution in [0.2, 0.25) is 0 Å². The summed E-state index contributed by atoms with van der Waals surface area (Å²) in [5.74, 6) is 0.571. The highest BCUT2D eigenvalue weighted by Gasteiger charge is 2.19. The molecule has 0 saturated carbocycles. The highest BCUT2D eigenvalue weighted by atomic mass is 32.1. The zero-order chi connectivity index (χ0) is 16.8. The van der Waals surface area contributed by atoms with Gasteiger partial charge in [0.15, 0.2) is 5.82 Å². The number of carbonyl (C=O) groups excluding carboxylic acids is 1. The molecule has 1 aliphatic rings. The van der Waals surface area contributed by atoms with Crippen LogP contribution in [0.25, 0.3) is 0 Å². The van der Waals surface area contributed by atoms with Gasteiger partial charge in [0.25, 0.3) is 0 Å². The zero-order valence-electron chi connectivity index (χ0n) is 13.6. The van der Waals surface area contributed by atoms with Crippen molar-refractivity contribution in [2.24, 2.45) is 0 Å². The molecule has 1 N–H and O–H groups in total. The smallest absolute Gasteiger partial charge is 0.242 e. The van der Waals surface area contributed by atoms with Gasteiger partial charge in [-0.3, -0.25) is 9.69 Å². The van der Waals surface area contributed by atoms with Crippen molar-refractivity contribution in [3.63, 3.8) is 0 Å². The summed E-state index contributed by atoms with van der Waals surface area (Å²) in [4.78, 5) is 18.8. The maximum atomic E-state index is 12.3. The van der Waals surface area contributed by atoms with Gasteiger partial charge in [0, 0.05) is 24.7 Å². The van der Waals surface area contributed by atoms with Crippen LogP contribution in [-0.2, 0) is 22.6 Å². The first-order valence-electron chi connectivity index (χ1n) is 8.00. The van der Waals surface area contributed by atoms with Gasteiger partial charge in [-0.2, -0.15) is 0 Å². The van der Waals surface area contributed by atoms with Gasteiger partial charge in [-0.25, -0.2) is 9.67 Å². The van der Waals surface area contributed by atoms with E-state index in [1.165, 1.54) is 0 Å². The Balaban J connectivity index is 1.57. The normalized spacial score (nSPS) is 16.9. The number of aromatic nitrogens is 5. The minimum Gasteiger partial charge on any atom is -0.379 e. The summed E-state index contributed by atoms with van der Waals surface area (Å²) < 4.78 is 6.89. The number of ether oxygens (including phenoxy) is 1. The minimum atomic E-state index is -0.118. The molecular formula is C14H21N7O2S. The van der Waals surface area contributed by atoms with Crippen LogP contribution in [0.5, 0.6) is 0 Å². The molecule has 3 rings (SSSR count). The molecule has 0 bridgehead atoms. The number of nitrogens with one attached hydrogen (secondary N) is 1. The first-order valence-corrected chi connectivity index (χ1v) is 8.88.